The Kier molecular flexibility index (Phi) is 9.21. The zero-order chi connectivity index (χ0) is 36.5. The van der Waals surface area contributed by atoms with E-state index in [1.54, 1.807) is 12.1 Å². The number of hydrogen-bond acceptors (Lipinski definition) is 12. The van der Waals surface area contributed by atoms with Crippen molar-refractivity contribution in [2.45, 2.75) is 64.7 Å². The molecule has 0 aliphatic heterocycles. The van der Waals surface area contributed by atoms with Gasteiger partial charge in [0.2, 0.25) is 0 Å². The first-order valence-corrected chi connectivity index (χ1v) is 17.0. The summed E-state index contributed by atoms with van der Waals surface area (Å²) in [5.74, 6) is 3.19. The summed E-state index contributed by atoms with van der Waals surface area (Å²) >= 11 is 0. The summed E-state index contributed by atoms with van der Waals surface area (Å²) in [6, 6.07) is 12.8. The van der Waals surface area contributed by atoms with E-state index in [0.717, 1.165) is 41.3 Å². The van der Waals surface area contributed by atoms with Crippen LogP contribution in [0.1, 0.15) is 74.4 Å². The molecule has 2 atom stereocenters. The summed E-state index contributed by atoms with van der Waals surface area (Å²) < 4.78 is 31.5. The number of imidazole rings is 2. The van der Waals surface area contributed by atoms with E-state index < -0.39 is 0 Å². The van der Waals surface area contributed by atoms with Crippen LogP contribution in [0.15, 0.2) is 49.1 Å². The Labute approximate surface area is 297 Å². The van der Waals surface area contributed by atoms with Crippen molar-refractivity contribution in [2.24, 2.45) is 11.8 Å². The molecule has 52 heavy (non-hydrogen) atoms. The maximum absolute atomic E-state index is 13.7. The number of nitriles is 2. The number of nitrogens with zero attached hydrogens (tertiary/aromatic N) is 10. The van der Waals surface area contributed by atoms with Gasteiger partial charge < -0.3 is 31.2 Å². The van der Waals surface area contributed by atoms with E-state index in [0.29, 0.717) is 29.0 Å². The molecule has 0 saturated heterocycles. The van der Waals surface area contributed by atoms with Gasteiger partial charge in [-0.2, -0.15) is 10.5 Å². The van der Waals surface area contributed by atoms with Gasteiger partial charge in [-0.05, 0) is 81.7 Å². The molecule has 8 rings (SSSR count). The van der Waals surface area contributed by atoms with Crippen LogP contribution in [0.4, 0.5) is 32.1 Å². The van der Waals surface area contributed by atoms with E-state index in [2.05, 4.69) is 49.7 Å². The number of nitrogens with two attached hydrogens (primary N) is 2. The van der Waals surface area contributed by atoms with E-state index in [-0.39, 0.29) is 46.5 Å². The minimum absolute atomic E-state index is 0.130. The molecule has 0 radical (unpaired) electrons. The molecule has 6 N–H and O–H groups in total. The van der Waals surface area contributed by atoms with Crippen molar-refractivity contribution in [3.63, 3.8) is 0 Å². The molecule has 0 amide bonds. The second-order valence-electron chi connectivity index (χ2n) is 13.2. The Morgan fingerprint density at radius 2 is 1.19 bits per heavy atom. The fourth-order valence-electron chi connectivity index (χ4n) is 6.18. The molecular weight excluding hydrogens is 666 g/mol. The number of halogens is 2. The van der Waals surface area contributed by atoms with Gasteiger partial charge >= 0.3 is 0 Å². The predicted molar refractivity (Wildman–Crippen MR) is 191 cm³/mol. The zero-order valence-electron chi connectivity index (χ0n) is 28.6. The third-order valence-electron chi connectivity index (χ3n) is 9.21. The maximum Gasteiger partial charge on any atom is 0.150 e. The molecule has 264 valence electrons. The fourth-order valence-corrected chi connectivity index (χ4v) is 6.18. The highest BCUT2D eigenvalue weighted by Gasteiger charge is 2.28. The predicted octanol–water partition coefficient (Wildman–Crippen LogP) is 6.00. The van der Waals surface area contributed by atoms with E-state index in [1.165, 1.54) is 62.6 Å². The van der Waals surface area contributed by atoms with Crippen LogP contribution in [0.5, 0.6) is 0 Å². The van der Waals surface area contributed by atoms with Crippen LogP contribution in [0, 0.1) is 46.1 Å². The highest BCUT2D eigenvalue weighted by atomic mass is 19.1. The normalized spacial score (nSPS) is 15.0. The Bertz CT molecular complexity index is 2290. The average Bonchev–Trinajstić information content (AvgIpc) is 4.05. The van der Waals surface area contributed by atoms with Gasteiger partial charge in [-0.15, -0.1) is 0 Å². The lowest BCUT2D eigenvalue weighted by atomic mass is 10.2. The van der Waals surface area contributed by atoms with Crippen LogP contribution in [0.3, 0.4) is 0 Å². The van der Waals surface area contributed by atoms with Gasteiger partial charge in [0.15, 0.2) is 0 Å². The van der Waals surface area contributed by atoms with Gasteiger partial charge in [0.25, 0.3) is 0 Å². The van der Waals surface area contributed by atoms with Crippen molar-refractivity contribution >= 4 is 45.3 Å². The quantitative estimate of drug-likeness (QED) is 0.129. The first kappa shape index (κ1) is 34.0. The lowest BCUT2D eigenvalue weighted by molar-refractivity contribution is 0.589. The lowest BCUT2D eigenvalue weighted by Gasteiger charge is -2.17. The van der Waals surface area contributed by atoms with E-state index in [9.17, 15) is 19.3 Å². The molecule has 16 heteroatoms. The van der Waals surface area contributed by atoms with Crippen LogP contribution in [-0.4, -0.2) is 39.0 Å². The first-order valence-electron chi connectivity index (χ1n) is 17.0. The van der Waals surface area contributed by atoms with Crippen LogP contribution in [0.25, 0.3) is 22.1 Å². The summed E-state index contributed by atoms with van der Waals surface area (Å²) in [5.41, 5.74) is 15.0. The van der Waals surface area contributed by atoms with Crippen molar-refractivity contribution in [1.29, 1.82) is 10.5 Å². The van der Waals surface area contributed by atoms with Crippen LogP contribution >= 0.6 is 0 Å². The summed E-state index contributed by atoms with van der Waals surface area (Å²) in [7, 11) is 0. The second-order valence-corrected chi connectivity index (χ2v) is 13.2. The molecule has 0 bridgehead atoms. The smallest absolute Gasteiger partial charge is 0.150 e. The highest BCUT2D eigenvalue weighted by molar-refractivity contribution is 5.77. The first-order chi connectivity index (χ1) is 25.1. The topological polar surface area (TPSA) is 211 Å². The third-order valence-corrected chi connectivity index (χ3v) is 9.21. The monoisotopic (exact) mass is 702 g/mol. The molecule has 4 aromatic heterocycles. The Morgan fingerprint density at radius 3 is 1.71 bits per heavy atom. The summed E-state index contributed by atoms with van der Waals surface area (Å²) in [6.45, 7) is 5.51. The average molecular weight is 703 g/mol. The van der Waals surface area contributed by atoms with Crippen molar-refractivity contribution in [2.75, 3.05) is 22.1 Å². The van der Waals surface area contributed by atoms with Gasteiger partial charge in [0, 0.05) is 19.2 Å². The number of hydrogen-bond donors (Lipinski definition) is 4. The number of nitrogens with one attached hydrogen (secondary N) is 2. The van der Waals surface area contributed by atoms with E-state index in [1.807, 2.05) is 26.0 Å². The molecule has 2 aromatic carbocycles. The number of fused-ring (bicyclic) bond motifs is 2. The molecule has 14 nitrogen and oxygen atoms in total. The molecule has 2 aliphatic carbocycles. The molecule has 6 aromatic rings. The fraction of sp³-hybridized carbons (Fsp3) is 0.333. The SMILES string of the molecule is C[C@H](Nc1ncnc(N)c1C#N)c1nc2cc(F)ccc2n1CC1CC1.C[C@H](Nc1ncnc(N)c1C#N)c1nc2ccc(F)cc2n1CC1CC1. The third kappa shape index (κ3) is 7.09. The van der Waals surface area contributed by atoms with Crippen LogP contribution in [0.2, 0.25) is 0 Å². The van der Waals surface area contributed by atoms with Crippen molar-refractivity contribution in [1.82, 2.24) is 39.0 Å². The van der Waals surface area contributed by atoms with Crippen molar-refractivity contribution < 1.29 is 8.78 Å². The lowest BCUT2D eigenvalue weighted by Crippen LogP contribution is -2.16. The molecule has 2 aliphatic rings. The minimum atomic E-state index is -0.309. The van der Waals surface area contributed by atoms with Gasteiger partial charge in [0.05, 0.1) is 34.2 Å². The molecule has 4 heterocycles. The number of aromatic nitrogens is 8. The Balaban J connectivity index is 0.000000162. The summed E-state index contributed by atoms with van der Waals surface area (Å²) in [4.78, 5) is 25.3. The van der Waals surface area contributed by atoms with Gasteiger partial charge in [-0.3, -0.25) is 0 Å². The second kappa shape index (κ2) is 14.1. The van der Waals surface area contributed by atoms with Crippen LogP contribution in [-0.2, 0) is 13.1 Å². The zero-order valence-corrected chi connectivity index (χ0v) is 28.6. The Hall–Kier alpha value is -6.42. The highest BCUT2D eigenvalue weighted by Crippen LogP contribution is 2.35. The molecule has 0 spiro atoms. The largest absolute Gasteiger partial charge is 0.382 e. The van der Waals surface area contributed by atoms with E-state index in [4.69, 9.17) is 11.5 Å². The maximum atomic E-state index is 13.7. The molecular formula is C36H36F2N14. The number of anilines is 4. The molecule has 2 fully saturated rings. The number of nitrogen functional groups attached to an aromatic ring is 2. The summed E-state index contributed by atoms with van der Waals surface area (Å²) in [6.07, 6.45) is 7.38. The van der Waals surface area contributed by atoms with Gasteiger partial charge in [-0.25, -0.2) is 38.7 Å². The number of benzene rings is 2. The van der Waals surface area contributed by atoms with Gasteiger partial charge in [-0.1, -0.05) is 0 Å². The Morgan fingerprint density at radius 1 is 0.712 bits per heavy atom. The molecule has 0 unspecified atom stereocenters. The standard InChI is InChI=1S/2C18H18FN7/c1-10(24-17-13(7-20)16(21)22-9-23-17)18-25-14-6-12(19)4-5-15(14)26(18)8-11-2-3-11;1-10(24-17-13(7-20)16(21)22-9-23-17)18-25-14-5-4-12(19)6-15(14)26(18)8-11-2-3-11/h2*4-6,9-11H,2-3,8H2,1H3,(H3,21,22,23,24)/t2*10-/m00/s1. The van der Waals surface area contributed by atoms with Crippen molar-refractivity contribution in [3.05, 3.63) is 83.5 Å². The van der Waals surface area contributed by atoms with Gasteiger partial charge in [0.1, 0.15) is 82.5 Å². The molecule has 2 saturated carbocycles. The van der Waals surface area contributed by atoms with Crippen LogP contribution < -0.4 is 22.1 Å². The number of rotatable bonds is 10. The minimum Gasteiger partial charge on any atom is -0.382 e. The summed E-state index contributed by atoms with van der Waals surface area (Å²) in [5, 5.41) is 25.0. The van der Waals surface area contributed by atoms with Crippen molar-refractivity contribution in [3.8, 4) is 12.1 Å². The van der Waals surface area contributed by atoms with E-state index >= 15 is 0 Å².